The van der Waals surface area contributed by atoms with E-state index in [0.717, 1.165) is 56.3 Å². The van der Waals surface area contributed by atoms with Crippen LogP contribution in [0.3, 0.4) is 0 Å². The van der Waals surface area contributed by atoms with Crippen LogP contribution in [-0.2, 0) is 29.5 Å². The molecule has 0 radical (unpaired) electrons. The second-order valence-electron chi connectivity index (χ2n) is 13.2. The van der Waals surface area contributed by atoms with E-state index in [2.05, 4.69) is 25.2 Å². The summed E-state index contributed by atoms with van der Waals surface area (Å²) in [6, 6.07) is 17.0. The highest BCUT2D eigenvalue weighted by atomic mass is 32.2. The van der Waals surface area contributed by atoms with Crippen LogP contribution < -0.4 is 20.1 Å². The Morgan fingerprint density at radius 2 is 1.75 bits per heavy atom. The highest BCUT2D eigenvalue weighted by Crippen LogP contribution is 2.37. The van der Waals surface area contributed by atoms with Crippen LogP contribution in [0.2, 0.25) is 0 Å². The Morgan fingerprint density at radius 1 is 0.980 bits per heavy atom. The summed E-state index contributed by atoms with van der Waals surface area (Å²) in [6.45, 7) is 6.54. The van der Waals surface area contributed by atoms with Crippen LogP contribution in [0.4, 0.5) is 5.82 Å². The van der Waals surface area contributed by atoms with Gasteiger partial charge in [0.2, 0.25) is 20.0 Å². The quantitative estimate of drug-likeness (QED) is 0.178. The number of rotatable bonds is 15. The van der Waals surface area contributed by atoms with Crippen LogP contribution in [0.5, 0.6) is 5.75 Å². The molecule has 1 spiro atoms. The third kappa shape index (κ3) is 9.63. The molecule has 0 bridgehead atoms. The Labute approximate surface area is 300 Å². The lowest BCUT2D eigenvalue weighted by molar-refractivity contribution is -0.0312. The van der Waals surface area contributed by atoms with Crippen molar-refractivity contribution in [3.05, 3.63) is 66.9 Å². The van der Waals surface area contributed by atoms with Crippen molar-refractivity contribution >= 4 is 25.9 Å². The summed E-state index contributed by atoms with van der Waals surface area (Å²) in [7, 11) is -5.98. The normalized spacial score (nSPS) is 20.7. The number of hydrogen-bond donors (Lipinski definition) is 4. The third-order valence-electron chi connectivity index (χ3n) is 9.72. The summed E-state index contributed by atoms with van der Waals surface area (Å²) < 4.78 is 72.6. The van der Waals surface area contributed by atoms with E-state index < -0.39 is 31.8 Å². The van der Waals surface area contributed by atoms with Crippen LogP contribution in [0.25, 0.3) is 11.1 Å². The Balaban J connectivity index is 0.954. The monoisotopic (exact) mass is 744 g/mol. The van der Waals surface area contributed by atoms with E-state index in [-0.39, 0.29) is 29.0 Å². The first-order chi connectivity index (χ1) is 24.5. The molecule has 4 heterocycles. The number of benzene rings is 2. The van der Waals surface area contributed by atoms with Gasteiger partial charge >= 0.3 is 0 Å². The topological polar surface area (TPSA) is 172 Å². The number of ether oxygens (including phenoxy) is 3. The molecule has 0 aliphatic carbocycles. The number of nitrogens with zero attached hydrogens (tertiary/aromatic N) is 3. The third-order valence-corrected chi connectivity index (χ3v) is 13.0. The maximum Gasteiger partial charge on any atom is 0.243 e. The molecule has 0 amide bonds. The second kappa shape index (κ2) is 16.7. The Morgan fingerprint density at radius 3 is 2.49 bits per heavy atom. The highest BCUT2D eigenvalue weighted by Gasteiger charge is 2.44. The number of hydrogen-bond acceptors (Lipinski definition) is 12. The van der Waals surface area contributed by atoms with E-state index in [0.29, 0.717) is 44.7 Å². The summed E-state index contributed by atoms with van der Waals surface area (Å²) in [6.07, 6.45) is 2.79. The molecule has 6 rings (SSSR count). The predicted molar refractivity (Wildman–Crippen MR) is 193 cm³/mol. The summed E-state index contributed by atoms with van der Waals surface area (Å²) >= 11 is 0. The van der Waals surface area contributed by atoms with Gasteiger partial charge in [-0.15, -0.1) is 0 Å². The Bertz CT molecular complexity index is 1820. The number of sulfonamides is 2. The standard InChI is InChI=1S/C35H48N6O8S2/c1-36-50(43,44)32-6-3-5-31(21-32)48-26-30(42)24-38-29-22-35(49-25-29)10-13-41(14-11-35)51(45,46)33-7-2-4-27(20-33)28-8-9-34(39-23-28)37-12-15-40-16-18-47-19-17-40/h2-9,20-21,23,29-30,36,38,42H,10-19,22,24-26H2,1H3,(H,37,39). The van der Waals surface area contributed by atoms with Gasteiger partial charge in [0.25, 0.3) is 0 Å². The van der Waals surface area contributed by atoms with Gasteiger partial charge in [0.05, 0.1) is 35.2 Å². The SMILES string of the molecule is CNS(=O)(=O)c1cccc(OCC(O)CNC2COC3(CCN(S(=O)(=O)c4cccc(-c5ccc(NCCN6CCOCC6)nc5)c4)CC3)C2)c1. The molecule has 3 saturated heterocycles. The lowest BCUT2D eigenvalue weighted by Gasteiger charge is -2.38. The fourth-order valence-electron chi connectivity index (χ4n) is 6.68. The first-order valence-corrected chi connectivity index (χ1v) is 20.3. The zero-order valence-corrected chi connectivity index (χ0v) is 30.5. The molecule has 2 unspecified atom stereocenters. The van der Waals surface area contributed by atoms with Crippen molar-refractivity contribution in [2.75, 3.05) is 84.6 Å². The van der Waals surface area contributed by atoms with E-state index in [4.69, 9.17) is 14.2 Å². The van der Waals surface area contributed by atoms with Crippen molar-refractivity contribution in [3.63, 3.8) is 0 Å². The van der Waals surface area contributed by atoms with E-state index in [1.165, 1.54) is 19.2 Å². The van der Waals surface area contributed by atoms with Crippen LogP contribution in [0, 0.1) is 0 Å². The van der Waals surface area contributed by atoms with Gasteiger partial charge in [-0.05, 0) is 68.3 Å². The van der Waals surface area contributed by atoms with E-state index in [1.807, 2.05) is 18.2 Å². The number of aliphatic hydroxyl groups excluding tert-OH is 1. The zero-order chi connectivity index (χ0) is 35.9. The average Bonchev–Trinajstić information content (AvgIpc) is 3.56. The van der Waals surface area contributed by atoms with E-state index >= 15 is 0 Å². The van der Waals surface area contributed by atoms with Crippen LogP contribution in [-0.4, -0.2) is 133 Å². The number of anilines is 1. The molecule has 16 heteroatoms. The van der Waals surface area contributed by atoms with E-state index in [9.17, 15) is 21.9 Å². The molecule has 14 nitrogen and oxygen atoms in total. The van der Waals surface area contributed by atoms with Gasteiger partial charge < -0.3 is 30.0 Å². The smallest absolute Gasteiger partial charge is 0.243 e. The zero-order valence-electron chi connectivity index (χ0n) is 28.9. The van der Waals surface area contributed by atoms with Crippen molar-refractivity contribution in [2.45, 2.75) is 46.8 Å². The largest absolute Gasteiger partial charge is 0.491 e. The number of aromatic nitrogens is 1. The first-order valence-electron chi connectivity index (χ1n) is 17.4. The van der Waals surface area contributed by atoms with Gasteiger partial charge in [0.1, 0.15) is 24.3 Å². The van der Waals surface area contributed by atoms with Crippen molar-refractivity contribution in [1.29, 1.82) is 0 Å². The second-order valence-corrected chi connectivity index (χ2v) is 17.0. The number of morpholine rings is 1. The molecule has 3 fully saturated rings. The maximum atomic E-state index is 13.7. The molecule has 2 atom stereocenters. The van der Waals surface area contributed by atoms with Gasteiger partial charge in [0.15, 0.2) is 0 Å². The molecule has 2 aromatic carbocycles. The van der Waals surface area contributed by atoms with Crippen molar-refractivity contribution < 1.29 is 36.2 Å². The van der Waals surface area contributed by atoms with Crippen LogP contribution in [0.1, 0.15) is 19.3 Å². The molecule has 3 aliphatic rings. The molecule has 3 aliphatic heterocycles. The summed E-state index contributed by atoms with van der Waals surface area (Å²) in [5, 5.41) is 17.2. The minimum absolute atomic E-state index is 0.00329. The number of piperidine rings is 1. The van der Waals surface area contributed by atoms with Gasteiger partial charge in [-0.2, -0.15) is 4.31 Å². The molecule has 3 aromatic rings. The number of pyridine rings is 1. The van der Waals surface area contributed by atoms with Gasteiger partial charge in [-0.25, -0.2) is 26.5 Å². The molecule has 51 heavy (non-hydrogen) atoms. The number of aliphatic hydroxyl groups is 1. The van der Waals surface area contributed by atoms with Gasteiger partial charge in [-0.1, -0.05) is 18.2 Å². The lowest BCUT2D eigenvalue weighted by atomic mass is 9.88. The summed E-state index contributed by atoms with van der Waals surface area (Å²) in [5.41, 5.74) is 1.20. The van der Waals surface area contributed by atoms with E-state index in [1.54, 1.807) is 40.8 Å². The summed E-state index contributed by atoms with van der Waals surface area (Å²) in [4.78, 5) is 7.24. The van der Waals surface area contributed by atoms with Crippen molar-refractivity contribution in [3.8, 4) is 16.9 Å². The fourth-order valence-corrected chi connectivity index (χ4v) is 8.93. The fraction of sp³-hybridized carbons (Fsp3) is 0.514. The lowest BCUT2D eigenvalue weighted by Crippen LogP contribution is -2.47. The van der Waals surface area contributed by atoms with Crippen molar-refractivity contribution in [1.82, 2.24) is 24.2 Å². The molecular weight excluding hydrogens is 697 g/mol. The first kappa shape index (κ1) is 37.6. The minimum atomic E-state index is -3.71. The summed E-state index contributed by atoms with van der Waals surface area (Å²) in [5.74, 6) is 1.12. The Kier molecular flexibility index (Phi) is 12.3. The average molecular weight is 745 g/mol. The Hall–Kier alpha value is -3.19. The van der Waals surface area contributed by atoms with Crippen LogP contribution >= 0.6 is 0 Å². The molecule has 278 valence electrons. The van der Waals surface area contributed by atoms with Crippen molar-refractivity contribution in [2.24, 2.45) is 0 Å². The molecule has 4 N–H and O–H groups in total. The molecule has 1 aromatic heterocycles. The molecular formula is C35H48N6O8S2. The predicted octanol–water partition coefficient (Wildman–Crippen LogP) is 1.74. The highest BCUT2D eigenvalue weighted by molar-refractivity contribution is 7.89. The maximum absolute atomic E-state index is 13.7. The van der Waals surface area contributed by atoms with Gasteiger partial charge in [-0.3, -0.25) is 4.90 Å². The van der Waals surface area contributed by atoms with Gasteiger partial charge in [0, 0.05) is 69.7 Å². The molecule has 0 saturated carbocycles. The van der Waals surface area contributed by atoms with Crippen LogP contribution in [0.15, 0.2) is 76.7 Å². The minimum Gasteiger partial charge on any atom is -0.491 e. The number of nitrogens with one attached hydrogen (secondary N) is 3.